The van der Waals surface area contributed by atoms with Gasteiger partial charge in [0.15, 0.2) is 0 Å². The Labute approximate surface area is 84.3 Å². The Hall–Kier alpha value is -2.37. The topological polar surface area (TPSA) is 82.2 Å². The van der Waals surface area contributed by atoms with Crippen LogP contribution in [0.1, 0.15) is 0 Å². The Bertz CT molecular complexity index is 612. The molecular weight excluding hydrogens is 194 g/mol. The van der Waals surface area contributed by atoms with Gasteiger partial charge < -0.3 is 10.3 Å². The molecular formula is C9H7N5O. The minimum Gasteiger partial charge on any atom is -0.365 e. The van der Waals surface area contributed by atoms with Crippen LogP contribution in [0.5, 0.6) is 0 Å². The van der Waals surface area contributed by atoms with Gasteiger partial charge >= 0.3 is 0 Å². The van der Waals surface area contributed by atoms with Crippen LogP contribution in [0.2, 0.25) is 0 Å². The number of anilines is 1. The molecule has 0 aliphatic rings. The van der Waals surface area contributed by atoms with Gasteiger partial charge in [0.2, 0.25) is 0 Å². The number of nitrogens with two attached hydrogens (primary N) is 1. The Morgan fingerprint density at radius 3 is 3.07 bits per heavy atom. The Morgan fingerprint density at radius 1 is 1.33 bits per heavy atom. The van der Waals surface area contributed by atoms with Crippen molar-refractivity contribution < 1.29 is 4.52 Å². The van der Waals surface area contributed by atoms with Crippen molar-refractivity contribution in [3.05, 3.63) is 30.6 Å². The van der Waals surface area contributed by atoms with E-state index in [9.17, 15) is 0 Å². The van der Waals surface area contributed by atoms with Crippen LogP contribution in [0.3, 0.4) is 0 Å². The minimum absolute atomic E-state index is 0.125. The molecule has 74 valence electrons. The molecule has 0 spiro atoms. The smallest absolute Gasteiger partial charge is 0.263 e. The highest BCUT2D eigenvalue weighted by Gasteiger charge is 2.12. The van der Waals surface area contributed by atoms with Gasteiger partial charge in [0.05, 0.1) is 17.3 Å². The fraction of sp³-hybridized carbons (Fsp3) is 0. The summed E-state index contributed by atoms with van der Waals surface area (Å²) in [5.74, 6) is 0.508. The second kappa shape index (κ2) is 2.81. The van der Waals surface area contributed by atoms with Crippen LogP contribution in [0.25, 0.3) is 17.0 Å². The van der Waals surface area contributed by atoms with Crippen LogP contribution in [0.15, 0.2) is 35.1 Å². The van der Waals surface area contributed by atoms with Gasteiger partial charge in [-0.2, -0.15) is 10.1 Å². The number of hydrogen-bond acceptors (Lipinski definition) is 5. The van der Waals surface area contributed by atoms with E-state index in [0.717, 1.165) is 11.1 Å². The van der Waals surface area contributed by atoms with Crippen LogP contribution in [-0.4, -0.2) is 19.8 Å². The van der Waals surface area contributed by atoms with Crippen LogP contribution in [0.4, 0.5) is 5.95 Å². The Morgan fingerprint density at radius 2 is 2.27 bits per heavy atom. The Kier molecular flexibility index (Phi) is 1.49. The molecule has 0 unspecified atom stereocenters. The molecule has 0 atom stereocenters. The average molecular weight is 201 g/mol. The van der Waals surface area contributed by atoms with Gasteiger partial charge in [-0.05, 0) is 17.3 Å². The first-order valence-electron chi connectivity index (χ1n) is 4.36. The van der Waals surface area contributed by atoms with Crippen molar-refractivity contribution in [1.82, 2.24) is 19.8 Å². The molecule has 0 saturated heterocycles. The highest BCUT2D eigenvalue weighted by molar-refractivity contribution is 5.74. The van der Waals surface area contributed by atoms with Crippen LogP contribution in [-0.2, 0) is 0 Å². The number of hydrogen-bond donors (Lipinski definition) is 1. The molecule has 0 saturated carbocycles. The lowest BCUT2D eigenvalue weighted by Crippen LogP contribution is -1.86. The van der Waals surface area contributed by atoms with Gasteiger partial charge in [0.25, 0.3) is 11.8 Å². The van der Waals surface area contributed by atoms with Gasteiger partial charge in [-0.1, -0.05) is 6.07 Å². The SMILES string of the molecule is Nc1noc(-c2cnn3ccccc23)n1. The fourth-order valence-corrected chi connectivity index (χ4v) is 1.44. The molecule has 0 fully saturated rings. The molecule has 15 heavy (non-hydrogen) atoms. The summed E-state index contributed by atoms with van der Waals surface area (Å²) in [4.78, 5) is 3.95. The largest absolute Gasteiger partial charge is 0.365 e. The summed E-state index contributed by atoms with van der Waals surface area (Å²) in [6.07, 6.45) is 3.51. The molecule has 3 heterocycles. The lowest BCUT2D eigenvalue weighted by Gasteiger charge is -1.91. The minimum atomic E-state index is 0.125. The summed E-state index contributed by atoms with van der Waals surface area (Å²) in [5.41, 5.74) is 7.07. The number of pyridine rings is 1. The zero-order valence-electron chi connectivity index (χ0n) is 7.66. The van der Waals surface area contributed by atoms with E-state index in [-0.39, 0.29) is 5.95 Å². The zero-order valence-corrected chi connectivity index (χ0v) is 7.66. The second-order valence-corrected chi connectivity index (χ2v) is 3.05. The normalized spacial score (nSPS) is 10.9. The van der Waals surface area contributed by atoms with E-state index in [1.807, 2.05) is 24.4 Å². The van der Waals surface area contributed by atoms with E-state index in [0.29, 0.717) is 5.89 Å². The molecule has 6 nitrogen and oxygen atoms in total. The van der Waals surface area contributed by atoms with E-state index < -0.39 is 0 Å². The number of rotatable bonds is 1. The molecule has 2 N–H and O–H groups in total. The number of aromatic nitrogens is 4. The van der Waals surface area contributed by atoms with Crippen molar-refractivity contribution in [2.45, 2.75) is 0 Å². The molecule has 0 aliphatic heterocycles. The fourth-order valence-electron chi connectivity index (χ4n) is 1.44. The van der Waals surface area contributed by atoms with Crippen molar-refractivity contribution in [1.29, 1.82) is 0 Å². The summed E-state index contributed by atoms with van der Waals surface area (Å²) in [6, 6.07) is 5.73. The third-order valence-electron chi connectivity index (χ3n) is 2.10. The van der Waals surface area contributed by atoms with E-state index in [4.69, 9.17) is 10.3 Å². The Balaban J connectivity index is 2.27. The van der Waals surface area contributed by atoms with Crippen molar-refractivity contribution >= 4 is 11.5 Å². The molecule has 3 aromatic heterocycles. The van der Waals surface area contributed by atoms with E-state index in [1.165, 1.54) is 0 Å². The number of nitrogens with zero attached hydrogens (tertiary/aromatic N) is 4. The summed E-state index contributed by atoms with van der Waals surface area (Å²) < 4.78 is 6.71. The third kappa shape index (κ3) is 1.15. The maximum Gasteiger partial charge on any atom is 0.263 e. The molecule has 3 aromatic rings. The van der Waals surface area contributed by atoms with E-state index >= 15 is 0 Å². The monoisotopic (exact) mass is 201 g/mol. The first-order chi connectivity index (χ1) is 7.34. The molecule has 0 bridgehead atoms. The van der Waals surface area contributed by atoms with E-state index in [1.54, 1.807) is 10.7 Å². The van der Waals surface area contributed by atoms with Gasteiger partial charge in [-0.25, -0.2) is 4.52 Å². The molecule has 0 radical (unpaired) electrons. The van der Waals surface area contributed by atoms with Gasteiger partial charge in [-0.15, -0.1) is 0 Å². The third-order valence-corrected chi connectivity index (χ3v) is 2.10. The van der Waals surface area contributed by atoms with Crippen molar-refractivity contribution in [2.24, 2.45) is 0 Å². The van der Waals surface area contributed by atoms with Gasteiger partial charge in [0.1, 0.15) is 0 Å². The zero-order chi connectivity index (χ0) is 10.3. The van der Waals surface area contributed by atoms with Crippen LogP contribution in [0, 0.1) is 0 Å². The van der Waals surface area contributed by atoms with Crippen LogP contribution >= 0.6 is 0 Å². The maximum absolute atomic E-state index is 5.39. The quantitative estimate of drug-likeness (QED) is 0.634. The summed E-state index contributed by atoms with van der Waals surface area (Å²) in [5, 5.41) is 7.69. The van der Waals surface area contributed by atoms with E-state index in [2.05, 4.69) is 15.2 Å². The standard InChI is InChI=1S/C9H7N5O/c10-9-12-8(15-13-9)6-5-11-14-4-2-1-3-7(6)14/h1-5H,(H2,10,13). The van der Waals surface area contributed by atoms with Gasteiger partial charge in [0, 0.05) is 6.20 Å². The predicted octanol–water partition coefficient (Wildman–Crippen LogP) is 0.966. The molecule has 0 amide bonds. The molecule has 6 heteroatoms. The first kappa shape index (κ1) is 7.98. The summed E-state index contributed by atoms with van der Waals surface area (Å²) in [7, 11) is 0. The van der Waals surface area contributed by atoms with Crippen molar-refractivity contribution in [2.75, 3.05) is 5.73 Å². The van der Waals surface area contributed by atoms with Gasteiger partial charge in [-0.3, -0.25) is 0 Å². The lowest BCUT2D eigenvalue weighted by atomic mass is 10.2. The lowest BCUT2D eigenvalue weighted by molar-refractivity contribution is 0.433. The summed E-state index contributed by atoms with van der Waals surface area (Å²) >= 11 is 0. The number of fused-ring (bicyclic) bond motifs is 1. The maximum atomic E-state index is 5.39. The first-order valence-corrected chi connectivity index (χ1v) is 4.36. The van der Waals surface area contributed by atoms with Crippen molar-refractivity contribution in [3.8, 4) is 11.5 Å². The highest BCUT2D eigenvalue weighted by atomic mass is 16.5. The van der Waals surface area contributed by atoms with Crippen molar-refractivity contribution in [3.63, 3.8) is 0 Å². The highest BCUT2D eigenvalue weighted by Crippen LogP contribution is 2.22. The number of nitrogen functional groups attached to an aromatic ring is 1. The average Bonchev–Trinajstić information content (AvgIpc) is 2.83. The molecule has 0 aliphatic carbocycles. The summed E-state index contributed by atoms with van der Waals surface area (Å²) in [6.45, 7) is 0. The molecule has 0 aromatic carbocycles. The second-order valence-electron chi connectivity index (χ2n) is 3.05. The predicted molar refractivity (Wildman–Crippen MR) is 52.9 cm³/mol. The molecule has 3 rings (SSSR count). The van der Waals surface area contributed by atoms with Crippen LogP contribution < -0.4 is 5.73 Å².